The van der Waals surface area contributed by atoms with Crippen LogP contribution in [-0.2, 0) is 7.05 Å². The normalized spacial score (nSPS) is 14.1. The highest BCUT2D eigenvalue weighted by atomic mass is 35.5. The minimum absolute atomic E-state index is 0.143. The van der Waals surface area contributed by atoms with Gasteiger partial charge in [0.2, 0.25) is 0 Å². The Morgan fingerprint density at radius 1 is 1.30 bits per heavy atom. The van der Waals surface area contributed by atoms with Crippen molar-refractivity contribution in [3.05, 3.63) is 46.2 Å². The molecule has 1 aromatic heterocycles. The molecule has 1 aromatic carbocycles. The zero-order valence-electron chi connectivity index (χ0n) is 12.2. The first-order valence-electron chi connectivity index (χ1n) is 6.56. The average molecular weight is 294 g/mol. The summed E-state index contributed by atoms with van der Waals surface area (Å²) >= 11 is 6.18. The summed E-state index contributed by atoms with van der Waals surface area (Å²) < 4.78 is 7.80. The van der Waals surface area contributed by atoms with Crippen LogP contribution in [0, 0.1) is 13.8 Å². The van der Waals surface area contributed by atoms with E-state index in [1.165, 1.54) is 0 Å². The topological polar surface area (TPSA) is 53.1 Å². The molecule has 0 amide bonds. The molecule has 2 atom stereocenters. The van der Waals surface area contributed by atoms with Gasteiger partial charge in [-0.15, -0.1) is 0 Å². The lowest BCUT2D eigenvalue weighted by atomic mass is 10.1. The minimum atomic E-state index is -0.233. The average Bonchev–Trinajstić information content (AvgIpc) is 2.79. The number of halogens is 1. The standard InChI is InChI=1S/C15H20ClN3O/c1-9-5-13(6-10(2)14(9)16)20-15(11(3)17)12-7-18-19(4)8-12/h5-8,11,15H,17H2,1-4H3. The van der Waals surface area contributed by atoms with Crippen LogP contribution in [0.3, 0.4) is 0 Å². The number of hydrogen-bond donors (Lipinski definition) is 1. The lowest BCUT2D eigenvalue weighted by Crippen LogP contribution is -2.28. The molecule has 0 saturated heterocycles. The van der Waals surface area contributed by atoms with Gasteiger partial charge in [0.25, 0.3) is 0 Å². The molecule has 2 rings (SSSR count). The Hall–Kier alpha value is -1.52. The molecule has 0 bridgehead atoms. The monoisotopic (exact) mass is 293 g/mol. The van der Waals surface area contributed by atoms with Crippen molar-refractivity contribution < 1.29 is 4.74 Å². The predicted molar refractivity (Wildman–Crippen MR) is 81.2 cm³/mol. The highest BCUT2D eigenvalue weighted by molar-refractivity contribution is 6.32. The van der Waals surface area contributed by atoms with E-state index < -0.39 is 0 Å². The molecule has 5 heteroatoms. The molecule has 0 aliphatic rings. The van der Waals surface area contributed by atoms with Gasteiger partial charge >= 0.3 is 0 Å². The van der Waals surface area contributed by atoms with Crippen LogP contribution in [0.5, 0.6) is 5.75 Å². The minimum Gasteiger partial charge on any atom is -0.484 e. The van der Waals surface area contributed by atoms with E-state index in [1.807, 2.05) is 46.1 Å². The Morgan fingerprint density at radius 2 is 1.90 bits per heavy atom. The molecule has 2 N–H and O–H groups in total. The molecule has 108 valence electrons. The highest BCUT2D eigenvalue weighted by Crippen LogP contribution is 2.29. The van der Waals surface area contributed by atoms with E-state index in [1.54, 1.807) is 10.9 Å². The lowest BCUT2D eigenvalue weighted by Gasteiger charge is -2.22. The zero-order chi connectivity index (χ0) is 14.9. The van der Waals surface area contributed by atoms with Crippen LogP contribution in [0.15, 0.2) is 24.5 Å². The fourth-order valence-corrected chi connectivity index (χ4v) is 2.30. The highest BCUT2D eigenvalue weighted by Gasteiger charge is 2.20. The summed E-state index contributed by atoms with van der Waals surface area (Å²) in [6.07, 6.45) is 3.47. The van der Waals surface area contributed by atoms with Gasteiger partial charge in [-0.3, -0.25) is 4.68 Å². The maximum atomic E-state index is 6.18. The van der Waals surface area contributed by atoms with Crippen LogP contribution in [0.1, 0.15) is 29.7 Å². The Balaban J connectivity index is 2.29. The Kier molecular flexibility index (Phi) is 4.35. The molecule has 0 spiro atoms. The van der Waals surface area contributed by atoms with Crippen LogP contribution >= 0.6 is 11.6 Å². The van der Waals surface area contributed by atoms with Crippen LogP contribution in [0.25, 0.3) is 0 Å². The van der Waals surface area contributed by atoms with Gasteiger partial charge in [-0.05, 0) is 44.0 Å². The number of aromatic nitrogens is 2. The molecule has 2 aromatic rings. The van der Waals surface area contributed by atoms with Gasteiger partial charge in [-0.25, -0.2) is 0 Å². The largest absolute Gasteiger partial charge is 0.484 e. The van der Waals surface area contributed by atoms with Crippen molar-refractivity contribution in [3.63, 3.8) is 0 Å². The van der Waals surface area contributed by atoms with Crippen LogP contribution in [0.2, 0.25) is 5.02 Å². The molecule has 0 aliphatic carbocycles. The van der Waals surface area contributed by atoms with Crippen LogP contribution < -0.4 is 10.5 Å². The molecule has 0 saturated carbocycles. The summed E-state index contributed by atoms with van der Waals surface area (Å²) in [5.41, 5.74) is 9.00. The van der Waals surface area contributed by atoms with Crippen molar-refractivity contribution in [2.45, 2.75) is 32.9 Å². The van der Waals surface area contributed by atoms with Crippen molar-refractivity contribution in [3.8, 4) is 5.75 Å². The summed E-state index contributed by atoms with van der Waals surface area (Å²) in [5, 5.41) is 4.94. The van der Waals surface area contributed by atoms with Crippen molar-refractivity contribution in [2.75, 3.05) is 0 Å². The lowest BCUT2D eigenvalue weighted by molar-refractivity contribution is 0.180. The van der Waals surface area contributed by atoms with Crippen molar-refractivity contribution in [1.82, 2.24) is 9.78 Å². The first-order chi connectivity index (χ1) is 9.38. The van der Waals surface area contributed by atoms with Gasteiger partial charge in [0.05, 0.1) is 6.20 Å². The van der Waals surface area contributed by atoms with E-state index in [0.717, 1.165) is 27.5 Å². The second-order valence-corrected chi connectivity index (χ2v) is 5.59. The number of ether oxygens (including phenoxy) is 1. The van der Waals surface area contributed by atoms with Crippen molar-refractivity contribution in [1.29, 1.82) is 0 Å². The van der Waals surface area contributed by atoms with Gasteiger partial charge in [-0.1, -0.05) is 11.6 Å². The Bertz CT molecular complexity index is 584. The summed E-state index contributed by atoms with van der Waals surface area (Å²) in [7, 11) is 1.87. The van der Waals surface area contributed by atoms with E-state index >= 15 is 0 Å². The number of nitrogens with zero attached hydrogens (tertiary/aromatic N) is 2. The molecule has 0 radical (unpaired) electrons. The maximum absolute atomic E-state index is 6.18. The molecular formula is C15H20ClN3O. The second kappa shape index (κ2) is 5.85. The predicted octanol–water partition coefficient (Wildman–Crippen LogP) is 3.16. The third-order valence-electron chi connectivity index (χ3n) is 3.20. The molecule has 0 aliphatic heterocycles. The quantitative estimate of drug-likeness (QED) is 0.942. The van der Waals surface area contributed by atoms with Gasteiger partial charge in [0, 0.05) is 29.9 Å². The molecule has 20 heavy (non-hydrogen) atoms. The van der Waals surface area contributed by atoms with Crippen LogP contribution in [0.4, 0.5) is 0 Å². The van der Waals surface area contributed by atoms with E-state index in [-0.39, 0.29) is 12.1 Å². The third-order valence-corrected chi connectivity index (χ3v) is 3.80. The second-order valence-electron chi connectivity index (χ2n) is 5.22. The van der Waals surface area contributed by atoms with Crippen LogP contribution in [-0.4, -0.2) is 15.8 Å². The SMILES string of the molecule is Cc1cc(OC(c2cnn(C)c2)C(C)N)cc(C)c1Cl. The van der Waals surface area contributed by atoms with Gasteiger partial charge in [-0.2, -0.15) is 5.10 Å². The Morgan fingerprint density at radius 3 is 2.35 bits per heavy atom. The summed E-state index contributed by atoms with van der Waals surface area (Å²) in [4.78, 5) is 0. The first kappa shape index (κ1) is 14.9. The number of aryl methyl sites for hydroxylation is 3. The fraction of sp³-hybridized carbons (Fsp3) is 0.400. The number of hydrogen-bond acceptors (Lipinski definition) is 3. The number of benzene rings is 1. The molecule has 4 nitrogen and oxygen atoms in total. The number of rotatable bonds is 4. The van der Waals surface area contributed by atoms with E-state index in [2.05, 4.69) is 5.10 Å². The maximum Gasteiger partial charge on any atom is 0.141 e. The van der Waals surface area contributed by atoms with E-state index in [4.69, 9.17) is 22.1 Å². The fourth-order valence-electron chi connectivity index (χ4n) is 2.19. The summed E-state index contributed by atoms with van der Waals surface area (Å²) in [5.74, 6) is 0.774. The summed E-state index contributed by atoms with van der Waals surface area (Å²) in [6, 6.07) is 3.72. The molecule has 1 heterocycles. The number of nitrogens with two attached hydrogens (primary N) is 1. The van der Waals surface area contributed by atoms with Gasteiger partial charge in [0.15, 0.2) is 0 Å². The molecular weight excluding hydrogens is 274 g/mol. The van der Waals surface area contributed by atoms with Gasteiger partial charge in [0.1, 0.15) is 11.9 Å². The first-order valence-corrected chi connectivity index (χ1v) is 6.94. The third kappa shape index (κ3) is 3.14. The van der Waals surface area contributed by atoms with E-state index in [0.29, 0.717) is 0 Å². The van der Waals surface area contributed by atoms with Crippen molar-refractivity contribution >= 4 is 11.6 Å². The molecule has 0 fully saturated rings. The van der Waals surface area contributed by atoms with E-state index in [9.17, 15) is 0 Å². The smallest absolute Gasteiger partial charge is 0.141 e. The Labute approximate surface area is 124 Å². The van der Waals surface area contributed by atoms with Gasteiger partial charge < -0.3 is 10.5 Å². The zero-order valence-corrected chi connectivity index (χ0v) is 13.0. The van der Waals surface area contributed by atoms with Crippen molar-refractivity contribution in [2.24, 2.45) is 12.8 Å². The summed E-state index contributed by atoms with van der Waals surface area (Å²) in [6.45, 7) is 5.85. The molecule has 2 unspecified atom stereocenters.